The zero-order valence-electron chi connectivity index (χ0n) is 17.8. The summed E-state index contributed by atoms with van der Waals surface area (Å²) in [5, 5.41) is 11.4. The first-order chi connectivity index (χ1) is 16.0. The Bertz CT molecular complexity index is 1320. The summed E-state index contributed by atoms with van der Waals surface area (Å²) in [6.07, 6.45) is 0.424. The van der Waals surface area contributed by atoms with Gasteiger partial charge in [0.2, 0.25) is 4.96 Å². The van der Waals surface area contributed by atoms with Crippen LogP contribution >= 0.6 is 11.3 Å². The van der Waals surface area contributed by atoms with Gasteiger partial charge in [0.15, 0.2) is 5.82 Å². The highest BCUT2D eigenvalue weighted by Gasteiger charge is 2.17. The van der Waals surface area contributed by atoms with Crippen LogP contribution in [0.1, 0.15) is 5.69 Å². The number of benzene rings is 2. The highest BCUT2D eigenvalue weighted by molar-refractivity contribution is 7.15. The summed E-state index contributed by atoms with van der Waals surface area (Å²) in [6.45, 7) is 0.211. The fraction of sp³-hybridized carbons (Fsp3) is 0.182. The van der Waals surface area contributed by atoms with Crippen LogP contribution in [0.3, 0.4) is 0 Å². The van der Waals surface area contributed by atoms with E-state index in [2.05, 4.69) is 20.7 Å². The first-order valence-corrected chi connectivity index (χ1v) is 10.8. The number of fused-ring (bicyclic) bond motifs is 1. The maximum Gasteiger partial charge on any atom is 0.313 e. The molecule has 2 N–H and O–H groups in total. The molecule has 2 aromatic heterocycles. The molecule has 4 aromatic rings. The van der Waals surface area contributed by atoms with Crippen LogP contribution in [0, 0.1) is 5.82 Å². The number of rotatable bonds is 7. The van der Waals surface area contributed by atoms with E-state index in [9.17, 15) is 14.0 Å². The number of amides is 2. The number of nitrogens with zero attached hydrogens (tertiary/aromatic N) is 3. The molecule has 0 saturated heterocycles. The molecule has 4 rings (SSSR count). The predicted molar refractivity (Wildman–Crippen MR) is 121 cm³/mol. The molecule has 2 heterocycles. The molecule has 0 saturated carbocycles. The lowest BCUT2D eigenvalue weighted by molar-refractivity contribution is -0.136. The van der Waals surface area contributed by atoms with Crippen LogP contribution in [-0.4, -0.2) is 47.2 Å². The number of halogens is 1. The van der Waals surface area contributed by atoms with E-state index in [-0.39, 0.29) is 12.4 Å². The van der Waals surface area contributed by atoms with Gasteiger partial charge in [0.1, 0.15) is 17.3 Å². The zero-order chi connectivity index (χ0) is 23.4. The van der Waals surface area contributed by atoms with Crippen molar-refractivity contribution < 1.29 is 23.5 Å². The molecule has 11 heteroatoms. The van der Waals surface area contributed by atoms with Crippen LogP contribution < -0.4 is 20.1 Å². The number of carbonyl (C=O) groups excluding carboxylic acids is 2. The van der Waals surface area contributed by atoms with Gasteiger partial charge in [0, 0.05) is 30.0 Å². The van der Waals surface area contributed by atoms with Gasteiger partial charge in [-0.3, -0.25) is 9.59 Å². The van der Waals surface area contributed by atoms with Crippen molar-refractivity contribution >= 4 is 33.8 Å². The Morgan fingerprint density at radius 1 is 1.12 bits per heavy atom. The minimum atomic E-state index is -0.828. The van der Waals surface area contributed by atoms with Crippen LogP contribution in [0.25, 0.3) is 16.3 Å². The van der Waals surface area contributed by atoms with Gasteiger partial charge in [-0.25, -0.2) is 8.91 Å². The number of nitrogens with one attached hydrogen (secondary N) is 2. The molecule has 0 spiro atoms. The molecular weight excluding hydrogens is 449 g/mol. The van der Waals surface area contributed by atoms with Crippen molar-refractivity contribution in [3.05, 3.63) is 59.4 Å². The summed E-state index contributed by atoms with van der Waals surface area (Å²) in [7, 11) is 2.96. The molecule has 0 fully saturated rings. The van der Waals surface area contributed by atoms with Gasteiger partial charge in [-0.05, 0) is 24.3 Å². The third kappa shape index (κ3) is 4.93. The summed E-state index contributed by atoms with van der Waals surface area (Å²) in [5.74, 6) is -0.649. The van der Waals surface area contributed by atoms with Gasteiger partial charge in [0.05, 0.1) is 25.6 Å². The average Bonchev–Trinajstić information content (AvgIpc) is 3.40. The van der Waals surface area contributed by atoms with Gasteiger partial charge in [-0.1, -0.05) is 12.1 Å². The van der Waals surface area contributed by atoms with Crippen LogP contribution in [-0.2, 0) is 16.0 Å². The van der Waals surface area contributed by atoms with Crippen molar-refractivity contribution in [2.45, 2.75) is 6.42 Å². The lowest BCUT2D eigenvalue weighted by Crippen LogP contribution is -2.36. The number of carbonyl (C=O) groups is 2. The molecule has 0 aliphatic carbocycles. The Labute approximate surface area is 192 Å². The lowest BCUT2D eigenvalue weighted by Gasteiger charge is -2.11. The number of thiazole rings is 1. The van der Waals surface area contributed by atoms with Crippen molar-refractivity contribution in [2.75, 3.05) is 26.1 Å². The van der Waals surface area contributed by atoms with Crippen LogP contribution in [0.2, 0.25) is 0 Å². The first kappa shape index (κ1) is 22.2. The Balaban J connectivity index is 1.37. The SMILES string of the molecule is COc1ccc(OC)c(NC(=O)C(=O)NCCc2csc3nc(-c4cccc(F)c4)nn23)c1. The highest BCUT2D eigenvalue weighted by atomic mass is 32.1. The number of methoxy groups -OCH3 is 2. The largest absolute Gasteiger partial charge is 0.497 e. The number of aromatic nitrogens is 3. The fourth-order valence-corrected chi connectivity index (χ4v) is 3.98. The summed E-state index contributed by atoms with van der Waals surface area (Å²) in [6, 6.07) is 10.9. The summed E-state index contributed by atoms with van der Waals surface area (Å²) in [4.78, 5) is 29.6. The minimum Gasteiger partial charge on any atom is -0.497 e. The number of ether oxygens (including phenoxy) is 2. The van der Waals surface area contributed by atoms with Crippen molar-refractivity contribution in [1.29, 1.82) is 0 Å². The number of hydrogen-bond acceptors (Lipinski definition) is 7. The molecule has 0 aliphatic heterocycles. The molecule has 0 atom stereocenters. The number of hydrogen-bond donors (Lipinski definition) is 2. The standard InChI is InChI=1S/C22H20FN5O4S/c1-31-16-6-7-18(32-2)17(11-16)25-21(30)20(29)24-9-8-15-12-33-22-26-19(27-28(15)22)13-4-3-5-14(23)10-13/h3-7,10-12H,8-9H2,1-2H3,(H,24,29)(H,25,30). The van der Waals surface area contributed by atoms with Gasteiger partial charge in [-0.15, -0.1) is 16.4 Å². The third-order valence-electron chi connectivity index (χ3n) is 4.76. The van der Waals surface area contributed by atoms with Crippen molar-refractivity contribution in [2.24, 2.45) is 0 Å². The third-order valence-corrected chi connectivity index (χ3v) is 5.63. The fourth-order valence-electron chi connectivity index (χ4n) is 3.12. The van der Waals surface area contributed by atoms with Crippen molar-refractivity contribution in [1.82, 2.24) is 19.9 Å². The predicted octanol–water partition coefficient (Wildman–Crippen LogP) is 2.91. The van der Waals surface area contributed by atoms with Crippen molar-refractivity contribution in [3.8, 4) is 22.9 Å². The van der Waals surface area contributed by atoms with Gasteiger partial charge in [0.25, 0.3) is 0 Å². The second-order valence-electron chi connectivity index (χ2n) is 6.89. The van der Waals surface area contributed by atoms with E-state index in [0.717, 1.165) is 5.69 Å². The molecule has 2 amide bonds. The second-order valence-corrected chi connectivity index (χ2v) is 7.73. The maximum absolute atomic E-state index is 13.5. The summed E-state index contributed by atoms with van der Waals surface area (Å²) >= 11 is 1.39. The smallest absolute Gasteiger partial charge is 0.313 e. The molecule has 33 heavy (non-hydrogen) atoms. The molecule has 2 aromatic carbocycles. The lowest BCUT2D eigenvalue weighted by atomic mass is 10.2. The quantitative estimate of drug-likeness (QED) is 0.403. The zero-order valence-corrected chi connectivity index (χ0v) is 18.6. The molecule has 0 unspecified atom stereocenters. The average molecular weight is 469 g/mol. The van der Waals surface area contributed by atoms with E-state index in [0.29, 0.717) is 40.0 Å². The molecule has 0 bridgehead atoms. The van der Waals surface area contributed by atoms with E-state index in [1.54, 1.807) is 34.8 Å². The Kier molecular flexibility index (Phi) is 6.50. The second kappa shape index (κ2) is 9.65. The Morgan fingerprint density at radius 3 is 2.73 bits per heavy atom. The van der Waals surface area contributed by atoms with E-state index in [1.807, 2.05) is 5.38 Å². The van der Waals surface area contributed by atoms with Crippen LogP contribution in [0.15, 0.2) is 47.8 Å². The maximum atomic E-state index is 13.5. The molecule has 0 radical (unpaired) electrons. The van der Waals surface area contributed by atoms with E-state index in [1.165, 1.54) is 37.7 Å². The van der Waals surface area contributed by atoms with Crippen LogP contribution in [0.5, 0.6) is 11.5 Å². The number of anilines is 1. The van der Waals surface area contributed by atoms with Crippen molar-refractivity contribution in [3.63, 3.8) is 0 Å². The summed E-state index contributed by atoms with van der Waals surface area (Å²) in [5.41, 5.74) is 1.71. The monoisotopic (exact) mass is 469 g/mol. The minimum absolute atomic E-state index is 0.211. The molecule has 9 nitrogen and oxygen atoms in total. The van der Waals surface area contributed by atoms with Gasteiger partial charge < -0.3 is 20.1 Å². The normalized spacial score (nSPS) is 10.8. The Hall–Kier alpha value is -3.99. The van der Waals surface area contributed by atoms with Crippen LogP contribution in [0.4, 0.5) is 10.1 Å². The summed E-state index contributed by atoms with van der Waals surface area (Å²) < 4.78 is 25.5. The van der Waals surface area contributed by atoms with E-state index >= 15 is 0 Å². The highest BCUT2D eigenvalue weighted by Crippen LogP contribution is 2.28. The van der Waals surface area contributed by atoms with Gasteiger partial charge >= 0.3 is 11.8 Å². The van der Waals surface area contributed by atoms with E-state index < -0.39 is 11.8 Å². The molecular formula is C22H20FN5O4S. The Morgan fingerprint density at radius 2 is 1.97 bits per heavy atom. The van der Waals surface area contributed by atoms with Gasteiger partial charge in [-0.2, -0.15) is 4.98 Å². The first-order valence-electron chi connectivity index (χ1n) is 9.89. The van der Waals surface area contributed by atoms with E-state index in [4.69, 9.17) is 9.47 Å². The molecule has 170 valence electrons. The topological polar surface area (TPSA) is 107 Å². The molecule has 0 aliphatic rings.